The number of furan rings is 3. The molecule has 6 nitrogen and oxygen atoms in total. The van der Waals surface area contributed by atoms with Crippen LogP contribution in [-0.4, -0.2) is 15.0 Å². The summed E-state index contributed by atoms with van der Waals surface area (Å²) in [6.45, 7) is 0. The zero-order valence-electron chi connectivity index (χ0n) is 29.2. The Hall–Kier alpha value is -7.57. The van der Waals surface area contributed by atoms with Gasteiger partial charge in [-0.25, -0.2) is 15.0 Å². The lowest BCUT2D eigenvalue weighted by Gasteiger charge is -2.11. The van der Waals surface area contributed by atoms with Gasteiger partial charge in [0.25, 0.3) is 0 Å². The Balaban J connectivity index is 1.13. The van der Waals surface area contributed by atoms with E-state index in [0.717, 1.165) is 104 Å². The van der Waals surface area contributed by atoms with Crippen LogP contribution in [0.15, 0.2) is 177 Å². The van der Waals surface area contributed by atoms with E-state index in [0.29, 0.717) is 17.5 Å². The molecule has 0 saturated carbocycles. The molecule has 0 amide bonds. The summed E-state index contributed by atoms with van der Waals surface area (Å²) in [5, 5.41) is 8.25. The molecule has 0 bridgehead atoms. The summed E-state index contributed by atoms with van der Waals surface area (Å²) in [7, 11) is 0. The molecule has 256 valence electrons. The van der Waals surface area contributed by atoms with Crippen LogP contribution in [0, 0.1) is 0 Å². The van der Waals surface area contributed by atoms with E-state index in [4.69, 9.17) is 28.2 Å². The minimum Gasteiger partial charge on any atom is -0.456 e. The van der Waals surface area contributed by atoms with Crippen LogP contribution in [0.1, 0.15) is 0 Å². The lowest BCUT2D eigenvalue weighted by atomic mass is 10.0. The van der Waals surface area contributed by atoms with Crippen molar-refractivity contribution in [1.82, 2.24) is 15.0 Å². The van der Waals surface area contributed by atoms with E-state index in [1.165, 1.54) is 0 Å². The monoisotopic (exact) mass is 705 g/mol. The molecule has 8 aromatic carbocycles. The Morgan fingerprint density at radius 3 is 1.53 bits per heavy atom. The topological polar surface area (TPSA) is 78.1 Å². The molecule has 0 unspecified atom stereocenters. The molecule has 0 atom stereocenters. The third-order valence-corrected chi connectivity index (χ3v) is 10.7. The number of nitrogens with zero attached hydrogens (tertiary/aromatic N) is 3. The van der Waals surface area contributed by atoms with Gasteiger partial charge in [-0.05, 0) is 70.4 Å². The minimum absolute atomic E-state index is 0.553. The van der Waals surface area contributed by atoms with Crippen molar-refractivity contribution < 1.29 is 13.3 Å². The molecule has 12 aromatic rings. The summed E-state index contributed by atoms with van der Waals surface area (Å²) in [5.74, 6) is 1.67. The maximum absolute atomic E-state index is 6.53. The fourth-order valence-electron chi connectivity index (χ4n) is 8.21. The van der Waals surface area contributed by atoms with Gasteiger partial charge in [0, 0.05) is 49.0 Å². The first-order valence-corrected chi connectivity index (χ1v) is 18.3. The highest BCUT2D eigenvalue weighted by atomic mass is 16.3. The van der Waals surface area contributed by atoms with Crippen molar-refractivity contribution in [3.8, 4) is 45.3 Å². The summed E-state index contributed by atoms with van der Waals surface area (Å²) < 4.78 is 19.1. The molecule has 0 radical (unpaired) electrons. The maximum atomic E-state index is 6.53. The second kappa shape index (κ2) is 11.5. The van der Waals surface area contributed by atoms with E-state index in [-0.39, 0.29) is 0 Å². The number of para-hydroxylation sites is 2. The van der Waals surface area contributed by atoms with Gasteiger partial charge in [-0.3, -0.25) is 0 Å². The van der Waals surface area contributed by atoms with E-state index < -0.39 is 0 Å². The van der Waals surface area contributed by atoms with Crippen molar-refractivity contribution in [1.29, 1.82) is 0 Å². The molecule has 0 spiro atoms. The molecular formula is C49H27N3O3. The van der Waals surface area contributed by atoms with Crippen molar-refractivity contribution in [2.24, 2.45) is 0 Å². The summed E-state index contributed by atoms with van der Waals surface area (Å²) in [5.41, 5.74) is 9.69. The number of benzene rings is 8. The standard InChI is InChI=1S/C49H27N3O3/c1-2-10-28(11-3-1)30-22-24-34-43(27-30)55-41-19-9-15-36(45(34)41)49-51-47(50-48(52-49)35-14-8-18-40-44(35)32-12-4-6-16-38(32)53-40)31-21-20-29-23-25-42-46(37(29)26-31)33-13-5-7-17-39(33)54-42/h1-27H. The molecule has 55 heavy (non-hydrogen) atoms. The van der Waals surface area contributed by atoms with Gasteiger partial charge in [-0.1, -0.05) is 115 Å². The van der Waals surface area contributed by atoms with Crippen molar-refractivity contribution in [3.05, 3.63) is 164 Å². The lowest BCUT2D eigenvalue weighted by molar-refractivity contribution is 0.668. The molecule has 0 saturated heterocycles. The van der Waals surface area contributed by atoms with Crippen LogP contribution in [0.5, 0.6) is 0 Å². The lowest BCUT2D eigenvalue weighted by Crippen LogP contribution is -2.00. The average molecular weight is 706 g/mol. The molecule has 4 aromatic heterocycles. The number of hydrogen-bond donors (Lipinski definition) is 0. The molecule has 0 aliphatic heterocycles. The normalized spacial score (nSPS) is 12.0. The van der Waals surface area contributed by atoms with Gasteiger partial charge < -0.3 is 13.3 Å². The maximum Gasteiger partial charge on any atom is 0.164 e. The fourth-order valence-corrected chi connectivity index (χ4v) is 8.21. The van der Waals surface area contributed by atoms with Gasteiger partial charge >= 0.3 is 0 Å². The summed E-state index contributed by atoms with van der Waals surface area (Å²) >= 11 is 0. The van der Waals surface area contributed by atoms with Crippen LogP contribution in [-0.2, 0) is 0 Å². The van der Waals surface area contributed by atoms with E-state index in [2.05, 4.69) is 91.0 Å². The zero-order valence-corrected chi connectivity index (χ0v) is 29.2. The summed E-state index contributed by atoms with van der Waals surface area (Å²) in [6.07, 6.45) is 0. The van der Waals surface area contributed by atoms with Crippen molar-refractivity contribution in [3.63, 3.8) is 0 Å². The molecule has 0 N–H and O–H groups in total. The summed E-state index contributed by atoms with van der Waals surface area (Å²) in [6, 6.07) is 55.7. The zero-order chi connectivity index (χ0) is 36.0. The van der Waals surface area contributed by atoms with E-state index in [1.54, 1.807) is 0 Å². The molecular weight excluding hydrogens is 679 g/mol. The van der Waals surface area contributed by atoms with Crippen LogP contribution in [0.2, 0.25) is 0 Å². The third-order valence-electron chi connectivity index (χ3n) is 10.7. The summed E-state index contributed by atoms with van der Waals surface area (Å²) in [4.78, 5) is 15.8. The van der Waals surface area contributed by atoms with Gasteiger partial charge in [0.15, 0.2) is 17.5 Å². The van der Waals surface area contributed by atoms with Gasteiger partial charge in [-0.2, -0.15) is 0 Å². The van der Waals surface area contributed by atoms with E-state index >= 15 is 0 Å². The molecule has 12 rings (SSSR count). The Labute approximate surface area is 312 Å². The Kier molecular flexibility index (Phi) is 6.24. The number of fused-ring (bicyclic) bond motifs is 11. The van der Waals surface area contributed by atoms with Gasteiger partial charge in [0.1, 0.15) is 33.5 Å². The van der Waals surface area contributed by atoms with Crippen molar-refractivity contribution in [2.75, 3.05) is 0 Å². The molecule has 6 heteroatoms. The van der Waals surface area contributed by atoms with Crippen molar-refractivity contribution >= 4 is 76.6 Å². The van der Waals surface area contributed by atoms with Crippen LogP contribution in [0.4, 0.5) is 0 Å². The first-order chi connectivity index (χ1) is 27.2. The minimum atomic E-state index is 0.553. The van der Waals surface area contributed by atoms with E-state index in [9.17, 15) is 0 Å². The highest BCUT2D eigenvalue weighted by Crippen LogP contribution is 2.41. The predicted molar refractivity (Wildman–Crippen MR) is 221 cm³/mol. The largest absolute Gasteiger partial charge is 0.456 e. The third kappa shape index (κ3) is 4.58. The van der Waals surface area contributed by atoms with Crippen LogP contribution in [0.3, 0.4) is 0 Å². The Morgan fingerprint density at radius 2 is 0.818 bits per heavy atom. The Bertz CT molecular complexity index is 3500. The molecule has 0 fully saturated rings. The predicted octanol–water partition coefficient (Wildman–Crippen LogP) is 13.4. The van der Waals surface area contributed by atoms with Crippen LogP contribution >= 0.6 is 0 Å². The first kappa shape index (κ1) is 29.9. The molecule has 0 aliphatic rings. The quantitative estimate of drug-likeness (QED) is 0.181. The number of hydrogen-bond acceptors (Lipinski definition) is 6. The SMILES string of the molecule is c1ccc(-c2ccc3c(c2)oc2cccc(-c4nc(-c5ccc6ccc7oc8ccccc8c7c6c5)nc(-c5cccc6oc7ccccc7c56)n4)c23)cc1. The van der Waals surface area contributed by atoms with Gasteiger partial charge in [-0.15, -0.1) is 0 Å². The number of aromatic nitrogens is 3. The highest BCUT2D eigenvalue weighted by molar-refractivity contribution is 6.19. The second-order valence-corrected chi connectivity index (χ2v) is 13.9. The first-order valence-electron chi connectivity index (χ1n) is 18.3. The molecule has 4 heterocycles. The molecule has 0 aliphatic carbocycles. The Morgan fingerprint density at radius 1 is 0.291 bits per heavy atom. The van der Waals surface area contributed by atoms with Crippen molar-refractivity contribution in [2.45, 2.75) is 0 Å². The smallest absolute Gasteiger partial charge is 0.164 e. The highest BCUT2D eigenvalue weighted by Gasteiger charge is 2.21. The van der Waals surface area contributed by atoms with Crippen LogP contribution in [0.25, 0.3) is 122 Å². The van der Waals surface area contributed by atoms with Gasteiger partial charge in [0.05, 0.1) is 0 Å². The fraction of sp³-hybridized carbons (Fsp3) is 0. The number of rotatable bonds is 4. The van der Waals surface area contributed by atoms with Gasteiger partial charge in [0.2, 0.25) is 0 Å². The van der Waals surface area contributed by atoms with E-state index in [1.807, 2.05) is 72.8 Å². The second-order valence-electron chi connectivity index (χ2n) is 13.9. The average Bonchev–Trinajstić information content (AvgIpc) is 3.94. The van der Waals surface area contributed by atoms with Crippen LogP contribution < -0.4 is 0 Å².